The van der Waals surface area contributed by atoms with Gasteiger partial charge in [-0.15, -0.1) is 11.3 Å². The van der Waals surface area contributed by atoms with Gasteiger partial charge in [0.1, 0.15) is 11.6 Å². The quantitative estimate of drug-likeness (QED) is 0.193. The molecule has 0 saturated carbocycles. The van der Waals surface area contributed by atoms with Crippen LogP contribution in [0, 0.1) is 34.8 Å². The van der Waals surface area contributed by atoms with E-state index in [1.807, 2.05) is 53.8 Å². The summed E-state index contributed by atoms with van der Waals surface area (Å²) >= 11 is 1.88. The van der Waals surface area contributed by atoms with Crippen LogP contribution in [-0.2, 0) is 6.42 Å². The SMILES string of the molecule is N#Cc1ccc2c(c1)c1ccc#cc1n2-c1c(C#N)cccc1C1=Cc2c(c3c4sc5ccccc5c4ccc3n2-c2ccccc2)CC1. The summed E-state index contributed by atoms with van der Waals surface area (Å²) in [6.07, 6.45) is 4.05. The second kappa shape index (κ2) is 10.5. The molecule has 9 aromatic rings. The third kappa shape index (κ3) is 3.90. The fourth-order valence-corrected chi connectivity index (χ4v) is 9.17. The number of thiophene rings is 1. The number of hydrogen-bond donors (Lipinski definition) is 0. The molecule has 3 heterocycles. The van der Waals surface area contributed by atoms with E-state index in [9.17, 15) is 10.5 Å². The zero-order valence-corrected chi connectivity index (χ0v) is 27.0. The minimum absolute atomic E-state index is 0.584. The smallest absolute Gasteiger partial charge is 0.105 e. The molecule has 0 N–H and O–H groups in total. The Balaban J connectivity index is 1.28. The number of hydrogen-bond acceptors (Lipinski definition) is 3. The van der Waals surface area contributed by atoms with Gasteiger partial charge in [-0.05, 0) is 96.8 Å². The van der Waals surface area contributed by atoms with Crippen LogP contribution in [0.15, 0.2) is 115 Å². The van der Waals surface area contributed by atoms with Gasteiger partial charge >= 0.3 is 0 Å². The molecule has 1 aliphatic rings. The highest BCUT2D eigenvalue weighted by molar-refractivity contribution is 7.26. The molecule has 49 heavy (non-hydrogen) atoms. The fraction of sp³-hybridized carbons (Fsp3) is 0.0455. The van der Waals surface area contributed by atoms with Gasteiger partial charge in [0.2, 0.25) is 0 Å². The Kier molecular flexibility index (Phi) is 5.88. The number of para-hydroxylation sites is 2. The number of nitrogens with zero attached hydrogens (tertiary/aromatic N) is 4. The van der Waals surface area contributed by atoms with E-state index in [2.05, 4.69) is 112 Å². The standard InChI is InChI=1S/C44H24N4S/c45-25-27-17-21-38-36(23-27)32-12-4-6-15-37(32)48(38)43-29(26-46)9-8-14-31(43)28-18-19-35-40(24-28)47(30-10-2-1-3-11-30)39-22-20-34-33-13-5-7-16-41(33)49-44(34)42(35)39/h1-5,7-14,16-17,20-24H,18-19H2. The van der Waals surface area contributed by atoms with E-state index in [1.54, 1.807) is 0 Å². The molecule has 0 spiro atoms. The number of benzene rings is 5. The topological polar surface area (TPSA) is 57.4 Å². The normalized spacial score (nSPS) is 12.7. The predicted molar refractivity (Wildman–Crippen MR) is 200 cm³/mol. The van der Waals surface area contributed by atoms with Crippen molar-refractivity contribution in [1.82, 2.24) is 9.13 Å². The van der Waals surface area contributed by atoms with Crippen molar-refractivity contribution in [3.05, 3.63) is 155 Å². The van der Waals surface area contributed by atoms with Crippen molar-refractivity contribution in [2.24, 2.45) is 0 Å². The van der Waals surface area contributed by atoms with Gasteiger partial charge in [0.15, 0.2) is 0 Å². The van der Waals surface area contributed by atoms with Crippen LogP contribution in [0.1, 0.15) is 34.4 Å². The lowest BCUT2D eigenvalue weighted by molar-refractivity contribution is 0.978. The lowest BCUT2D eigenvalue weighted by atomic mass is 9.89. The third-order valence-corrected chi connectivity index (χ3v) is 11.2. The number of aryl methyl sites for hydroxylation is 1. The molecule has 4 nitrogen and oxygen atoms in total. The van der Waals surface area contributed by atoms with Crippen molar-refractivity contribution in [3.8, 4) is 23.5 Å². The Labute approximate surface area is 286 Å². The summed E-state index contributed by atoms with van der Waals surface area (Å²) in [5.74, 6) is 0. The summed E-state index contributed by atoms with van der Waals surface area (Å²) in [4.78, 5) is 0. The molecule has 0 atom stereocenters. The van der Waals surface area contributed by atoms with E-state index < -0.39 is 0 Å². The monoisotopic (exact) mass is 640 g/mol. The summed E-state index contributed by atoms with van der Waals surface area (Å²) in [5, 5.41) is 26.1. The third-order valence-electron chi connectivity index (χ3n) is 9.97. The van der Waals surface area contributed by atoms with Crippen LogP contribution in [-0.4, -0.2) is 9.13 Å². The van der Waals surface area contributed by atoms with Gasteiger partial charge in [-0.2, -0.15) is 10.5 Å². The first-order valence-electron chi connectivity index (χ1n) is 16.3. The van der Waals surface area contributed by atoms with E-state index in [0.717, 1.165) is 51.6 Å². The van der Waals surface area contributed by atoms with E-state index in [1.165, 1.54) is 47.9 Å². The zero-order chi connectivity index (χ0) is 32.6. The van der Waals surface area contributed by atoms with Crippen LogP contribution in [0.4, 0.5) is 0 Å². The number of nitriles is 2. The lowest BCUT2D eigenvalue weighted by Crippen LogP contribution is -2.07. The van der Waals surface area contributed by atoms with E-state index in [-0.39, 0.29) is 0 Å². The molecule has 226 valence electrons. The Morgan fingerprint density at radius 3 is 2.43 bits per heavy atom. The van der Waals surface area contributed by atoms with Crippen molar-refractivity contribution in [1.29, 1.82) is 10.5 Å². The van der Waals surface area contributed by atoms with Crippen molar-refractivity contribution >= 4 is 75.9 Å². The molecule has 5 heteroatoms. The maximum atomic E-state index is 10.5. The summed E-state index contributed by atoms with van der Waals surface area (Å²) in [7, 11) is 0. The van der Waals surface area contributed by atoms with Crippen molar-refractivity contribution < 1.29 is 0 Å². The van der Waals surface area contributed by atoms with Crippen LogP contribution in [0.3, 0.4) is 0 Å². The Morgan fingerprint density at radius 1 is 0.694 bits per heavy atom. The fourth-order valence-electron chi connectivity index (χ4n) is 7.90. The number of fused-ring (bicyclic) bond motifs is 10. The molecule has 1 aliphatic carbocycles. The molecule has 0 saturated heterocycles. The molecule has 3 aromatic heterocycles. The van der Waals surface area contributed by atoms with Gasteiger partial charge in [0, 0.05) is 47.6 Å². The van der Waals surface area contributed by atoms with Crippen molar-refractivity contribution in [3.63, 3.8) is 0 Å². The van der Waals surface area contributed by atoms with E-state index >= 15 is 0 Å². The second-order valence-electron chi connectivity index (χ2n) is 12.5. The van der Waals surface area contributed by atoms with Gasteiger partial charge in [-0.25, -0.2) is 0 Å². The Morgan fingerprint density at radius 2 is 1.55 bits per heavy atom. The van der Waals surface area contributed by atoms with Crippen LogP contribution >= 0.6 is 11.3 Å². The Bertz CT molecular complexity index is 2960. The number of allylic oxidation sites excluding steroid dienone is 1. The van der Waals surface area contributed by atoms with Gasteiger partial charge in [0.25, 0.3) is 0 Å². The molecule has 0 aliphatic heterocycles. The first kappa shape index (κ1) is 27.5. The first-order chi connectivity index (χ1) is 24.2. The van der Waals surface area contributed by atoms with Crippen LogP contribution in [0.2, 0.25) is 0 Å². The maximum absolute atomic E-state index is 10.5. The number of aromatic nitrogens is 2. The van der Waals surface area contributed by atoms with Crippen molar-refractivity contribution in [2.75, 3.05) is 0 Å². The highest BCUT2D eigenvalue weighted by Gasteiger charge is 2.27. The highest BCUT2D eigenvalue weighted by atomic mass is 32.1. The average Bonchev–Trinajstić information content (AvgIpc) is 3.81. The summed E-state index contributed by atoms with van der Waals surface area (Å²) in [6.45, 7) is 0. The summed E-state index contributed by atoms with van der Waals surface area (Å²) in [6, 6.07) is 50.8. The predicted octanol–water partition coefficient (Wildman–Crippen LogP) is 10.9. The van der Waals surface area contributed by atoms with Gasteiger partial charge in [-0.3, -0.25) is 0 Å². The Hall–Kier alpha value is -6.58. The molecule has 0 fully saturated rings. The zero-order valence-electron chi connectivity index (χ0n) is 26.2. The molecular formula is C44H24N4S. The molecular weight excluding hydrogens is 617 g/mol. The minimum atomic E-state index is 0.584. The summed E-state index contributed by atoms with van der Waals surface area (Å²) in [5.41, 5.74) is 10.8. The van der Waals surface area contributed by atoms with E-state index in [0.29, 0.717) is 11.1 Å². The average molecular weight is 641 g/mol. The molecule has 0 bridgehead atoms. The maximum Gasteiger partial charge on any atom is 0.105 e. The first-order valence-corrected chi connectivity index (χ1v) is 17.1. The van der Waals surface area contributed by atoms with Crippen LogP contribution < -0.4 is 0 Å². The van der Waals surface area contributed by atoms with Crippen LogP contribution in [0.5, 0.6) is 0 Å². The van der Waals surface area contributed by atoms with Gasteiger partial charge in [-0.1, -0.05) is 60.7 Å². The molecule has 6 aromatic carbocycles. The lowest BCUT2D eigenvalue weighted by Gasteiger charge is -2.21. The molecule has 0 amide bonds. The number of rotatable bonds is 3. The minimum Gasteiger partial charge on any atom is -0.310 e. The largest absolute Gasteiger partial charge is 0.310 e. The second-order valence-corrected chi connectivity index (χ2v) is 13.5. The molecule has 10 rings (SSSR count). The molecule has 0 unspecified atom stereocenters. The van der Waals surface area contributed by atoms with Crippen LogP contribution in [0.25, 0.3) is 75.9 Å². The highest BCUT2D eigenvalue weighted by Crippen LogP contribution is 2.46. The van der Waals surface area contributed by atoms with Gasteiger partial charge < -0.3 is 9.13 Å². The molecule has 0 radical (unpaired) electrons. The van der Waals surface area contributed by atoms with Gasteiger partial charge in [0.05, 0.1) is 39.6 Å². The van der Waals surface area contributed by atoms with Crippen molar-refractivity contribution in [2.45, 2.75) is 12.8 Å². The van der Waals surface area contributed by atoms with E-state index in [4.69, 9.17) is 0 Å². The summed E-state index contributed by atoms with van der Waals surface area (Å²) < 4.78 is 7.19.